The highest BCUT2D eigenvalue weighted by Crippen LogP contribution is 2.37. The zero-order chi connectivity index (χ0) is 13.4. The molecule has 1 aliphatic rings. The third-order valence-electron chi connectivity index (χ3n) is 3.13. The van der Waals surface area contributed by atoms with Crippen molar-refractivity contribution in [2.24, 2.45) is 0 Å². The van der Waals surface area contributed by atoms with E-state index in [4.69, 9.17) is 27.9 Å². The molecule has 0 aliphatic carbocycles. The second kappa shape index (κ2) is 5.31. The van der Waals surface area contributed by atoms with E-state index in [-0.39, 0.29) is 6.10 Å². The molecule has 0 amide bonds. The van der Waals surface area contributed by atoms with Crippen molar-refractivity contribution >= 4 is 39.1 Å². The largest absolute Gasteiger partial charge is 0.469 e. The van der Waals surface area contributed by atoms with Crippen LogP contribution in [0.4, 0.5) is 0 Å². The maximum Gasteiger partial charge on any atom is 0.217 e. The van der Waals surface area contributed by atoms with Gasteiger partial charge in [-0.25, -0.2) is 4.98 Å². The average molecular weight is 359 g/mol. The Balaban J connectivity index is 1.91. The van der Waals surface area contributed by atoms with E-state index in [2.05, 4.69) is 20.9 Å². The minimum atomic E-state index is -0.0639. The SMILES string of the molecule is Clc1ccc(C2CCc3cc(Br)cnc3O2)c(Cl)c1. The number of nitrogens with zero attached hydrogens (tertiary/aromatic N) is 1. The molecule has 1 aromatic heterocycles. The monoisotopic (exact) mass is 357 g/mol. The normalized spacial score (nSPS) is 17.7. The van der Waals surface area contributed by atoms with Gasteiger partial charge in [-0.1, -0.05) is 29.3 Å². The van der Waals surface area contributed by atoms with E-state index in [1.54, 1.807) is 12.3 Å². The maximum atomic E-state index is 6.22. The van der Waals surface area contributed by atoms with Gasteiger partial charge < -0.3 is 4.74 Å². The molecule has 1 atom stereocenters. The zero-order valence-corrected chi connectivity index (χ0v) is 13.0. The lowest BCUT2D eigenvalue weighted by molar-refractivity contribution is 0.168. The molecule has 2 aromatic rings. The van der Waals surface area contributed by atoms with Gasteiger partial charge in [-0.15, -0.1) is 0 Å². The first kappa shape index (κ1) is 13.2. The molecular weight excluding hydrogens is 349 g/mol. The number of fused-ring (bicyclic) bond motifs is 1. The highest BCUT2D eigenvalue weighted by molar-refractivity contribution is 9.10. The molecule has 0 saturated heterocycles. The summed E-state index contributed by atoms with van der Waals surface area (Å²) in [5.41, 5.74) is 2.08. The Morgan fingerprint density at radius 2 is 2.11 bits per heavy atom. The van der Waals surface area contributed by atoms with Gasteiger partial charge in [0, 0.05) is 31.8 Å². The Hall–Kier alpha value is -0.770. The minimum Gasteiger partial charge on any atom is -0.469 e. The van der Waals surface area contributed by atoms with E-state index < -0.39 is 0 Å². The number of halogens is 3. The van der Waals surface area contributed by atoms with Crippen molar-refractivity contribution in [3.63, 3.8) is 0 Å². The molecule has 0 spiro atoms. The van der Waals surface area contributed by atoms with Crippen molar-refractivity contribution in [2.45, 2.75) is 18.9 Å². The third-order valence-corrected chi connectivity index (χ3v) is 4.13. The topological polar surface area (TPSA) is 22.1 Å². The van der Waals surface area contributed by atoms with Crippen molar-refractivity contribution in [1.29, 1.82) is 0 Å². The van der Waals surface area contributed by atoms with Crippen molar-refractivity contribution in [2.75, 3.05) is 0 Å². The van der Waals surface area contributed by atoms with Gasteiger partial charge in [-0.3, -0.25) is 0 Å². The number of aryl methyl sites for hydroxylation is 1. The van der Waals surface area contributed by atoms with E-state index >= 15 is 0 Å². The van der Waals surface area contributed by atoms with Gasteiger partial charge in [-0.05, 0) is 47.0 Å². The Bertz CT molecular complexity index is 633. The molecule has 1 aliphatic heterocycles. The Morgan fingerprint density at radius 3 is 2.89 bits per heavy atom. The van der Waals surface area contributed by atoms with Crippen molar-refractivity contribution < 1.29 is 4.74 Å². The predicted octanol–water partition coefficient (Wildman–Crippen LogP) is 5.22. The standard InChI is InChI=1S/C14H10BrCl2NO/c15-9-5-8-1-4-13(19-14(8)18-7-9)11-3-2-10(16)6-12(11)17/h2-3,5-7,13H,1,4H2. The van der Waals surface area contributed by atoms with Gasteiger partial charge in [0.1, 0.15) is 6.10 Å². The molecule has 2 nitrogen and oxygen atoms in total. The van der Waals surface area contributed by atoms with E-state index in [0.29, 0.717) is 15.9 Å². The van der Waals surface area contributed by atoms with Crippen LogP contribution in [0.1, 0.15) is 23.7 Å². The Morgan fingerprint density at radius 1 is 1.26 bits per heavy atom. The highest BCUT2D eigenvalue weighted by Gasteiger charge is 2.24. The van der Waals surface area contributed by atoms with Crippen LogP contribution in [0, 0.1) is 0 Å². The number of aromatic nitrogens is 1. The quantitative estimate of drug-likeness (QED) is 0.697. The number of ether oxygens (including phenoxy) is 1. The molecule has 3 rings (SSSR count). The number of hydrogen-bond donors (Lipinski definition) is 0. The summed E-state index contributed by atoms with van der Waals surface area (Å²) in [7, 11) is 0. The summed E-state index contributed by atoms with van der Waals surface area (Å²) >= 11 is 15.6. The average Bonchev–Trinajstić information content (AvgIpc) is 2.38. The fraction of sp³-hybridized carbons (Fsp3) is 0.214. The van der Waals surface area contributed by atoms with Gasteiger partial charge in [-0.2, -0.15) is 0 Å². The van der Waals surface area contributed by atoms with E-state index in [1.807, 2.05) is 18.2 Å². The maximum absolute atomic E-state index is 6.22. The lowest BCUT2D eigenvalue weighted by Crippen LogP contribution is -2.16. The second-order valence-electron chi connectivity index (χ2n) is 4.43. The Labute approximate surface area is 129 Å². The molecule has 0 N–H and O–H groups in total. The van der Waals surface area contributed by atoms with E-state index in [0.717, 1.165) is 28.4 Å². The summed E-state index contributed by atoms with van der Waals surface area (Å²) in [5, 5.41) is 1.27. The molecule has 2 heterocycles. The van der Waals surface area contributed by atoms with Crippen LogP contribution < -0.4 is 4.74 Å². The molecule has 19 heavy (non-hydrogen) atoms. The van der Waals surface area contributed by atoms with Gasteiger partial charge in [0.05, 0.1) is 0 Å². The highest BCUT2D eigenvalue weighted by atomic mass is 79.9. The molecule has 0 bridgehead atoms. The third kappa shape index (κ3) is 2.73. The molecular formula is C14H10BrCl2NO. The summed E-state index contributed by atoms with van der Waals surface area (Å²) in [4.78, 5) is 4.30. The fourth-order valence-corrected chi connectivity index (χ4v) is 3.12. The molecule has 1 aromatic carbocycles. The number of rotatable bonds is 1. The molecule has 5 heteroatoms. The number of pyridine rings is 1. The van der Waals surface area contributed by atoms with Crippen LogP contribution in [-0.4, -0.2) is 4.98 Å². The summed E-state index contributed by atoms with van der Waals surface area (Å²) < 4.78 is 6.90. The van der Waals surface area contributed by atoms with Crippen LogP contribution >= 0.6 is 39.1 Å². The van der Waals surface area contributed by atoms with E-state index in [9.17, 15) is 0 Å². The van der Waals surface area contributed by atoms with Gasteiger partial charge in [0.15, 0.2) is 0 Å². The van der Waals surface area contributed by atoms with Gasteiger partial charge in [0.25, 0.3) is 0 Å². The van der Waals surface area contributed by atoms with Crippen molar-refractivity contribution in [1.82, 2.24) is 4.98 Å². The Kier molecular flexibility index (Phi) is 3.70. The van der Waals surface area contributed by atoms with Crippen molar-refractivity contribution in [3.8, 4) is 5.88 Å². The molecule has 0 fully saturated rings. The van der Waals surface area contributed by atoms with E-state index in [1.165, 1.54) is 0 Å². The molecule has 0 saturated carbocycles. The first-order valence-electron chi connectivity index (χ1n) is 5.89. The lowest BCUT2D eigenvalue weighted by atomic mass is 9.99. The summed E-state index contributed by atoms with van der Waals surface area (Å²) in [6, 6.07) is 7.53. The summed E-state index contributed by atoms with van der Waals surface area (Å²) in [6.07, 6.45) is 3.48. The second-order valence-corrected chi connectivity index (χ2v) is 6.19. The first-order chi connectivity index (χ1) is 9.13. The predicted molar refractivity (Wildman–Crippen MR) is 80.1 cm³/mol. The van der Waals surface area contributed by atoms with Gasteiger partial charge >= 0.3 is 0 Å². The fourth-order valence-electron chi connectivity index (χ4n) is 2.22. The van der Waals surface area contributed by atoms with Gasteiger partial charge in [0.2, 0.25) is 5.88 Å². The van der Waals surface area contributed by atoms with Crippen LogP contribution in [0.3, 0.4) is 0 Å². The smallest absolute Gasteiger partial charge is 0.217 e. The van der Waals surface area contributed by atoms with Crippen LogP contribution in [-0.2, 0) is 6.42 Å². The summed E-state index contributed by atoms with van der Waals surface area (Å²) in [5.74, 6) is 0.686. The first-order valence-corrected chi connectivity index (χ1v) is 7.44. The zero-order valence-electron chi connectivity index (χ0n) is 9.87. The van der Waals surface area contributed by atoms with Crippen LogP contribution in [0.15, 0.2) is 34.9 Å². The minimum absolute atomic E-state index is 0.0639. The lowest BCUT2D eigenvalue weighted by Gasteiger charge is -2.26. The van der Waals surface area contributed by atoms with Crippen LogP contribution in [0.25, 0.3) is 0 Å². The molecule has 0 radical (unpaired) electrons. The van der Waals surface area contributed by atoms with Crippen molar-refractivity contribution in [3.05, 3.63) is 56.1 Å². The number of benzene rings is 1. The summed E-state index contributed by atoms with van der Waals surface area (Å²) in [6.45, 7) is 0. The number of hydrogen-bond acceptors (Lipinski definition) is 2. The van der Waals surface area contributed by atoms with Crippen LogP contribution in [0.2, 0.25) is 10.0 Å². The molecule has 98 valence electrons. The van der Waals surface area contributed by atoms with Crippen LogP contribution in [0.5, 0.6) is 5.88 Å². The molecule has 1 unspecified atom stereocenters.